The molecule has 14 nitrogen and oxygen atoms in total. The van der Waals surface area contributed by atoms with Gasteiger partial charge in [-0.2, -0.15) is 4.48 Å². The molecule has 0 spiro atoms. The van der Waals surface area contributed by atoms with Crippen LogP contribution in [0.5, 0.6) is 0 Å². The van der Waals surface area contributed by atoms with Crippen molar-refractivity contribution in [1.29, 1.82) is 0 Å². The maximum Gasteiger partial charge on any atom is 0.428 e. The Morgan fingerprint density at radius 2 is 1.77 bits per heavy atom. The van der Waals surface area contributed by atoms with E-state index in [1.165, 1.54) is 11.7 Å². The molecule has 5 atom stereocenters. The number of likely N-dealkylation sites (N-methyl/N-ethyl adjacent to an activating group) is 1. The van der Waals surface area contributed by atoms with Gasteiger partial charge < -0.3 is 19.8 Å². The highest BCUT2D eigenvalue weighted by atomic mass is 16.5. The molecule has 3 aromatic carbocycles. The molecule has 2 aliphatic rings. The second-order valence-corrected chi connectivity index (χ2v) is 15.1. The number of hydrogen-bond donors (Lipinski definition) is 2. The maximum absolute atomic E-state index is 14.2. The molecule has 0 bridgehead atoms. The second kappa shape index (κ2) is 15.4. The number of oxazole rings is 1. The molecule has 3 N–H and O–H groups in total. The number of hydrogen-bond acceptors (Lipinski definition) is 10. The molecule has 2 saturated heterocycles. The van der Waals surface area contributed by atoms with Gasteiger partial charge in [-0.3, -0.25) is 15.0 Å². The van der Waals surface area contributed by atoms with Crippen LogP contribution in [0.4, 0.5) is 15.3 Å². The molecule has 0 aliphatic carbocycles. The van der Waals surface area contributed by atoms with Crippen LogP contribution < -0.4 is 11.1 Å². The summed E-state index contributed by atoms with van der Waals surface area (Å²) in [5.74, 6) is 0.869. The van der Waals surface area contributed by atoms with Gasteiger partial charge in [0.2, 0.25) is 11.8 Å². The van der Waals surface area contributed by atoms with Gasteiger partial charge in [0.25, 0.3) is 0 Å². The summed E-state index contributed by atoms with van der Waals surface area (Å²) in [4.78, 5) is 67.9. The molecule has 0 radical (unpaired) electrons. The Morgan fingerprint density at radius 1 is 1.02 bits per heavy atom. The molecule has 292 valence electrons. The third-order valence-electron chi connectivity index (χ3n) is 11.3. The van der Waals surface area contributed by atoms with Crippen molar-refractivity contribution in [3.05, 3.63) is 89.9 Å². The summed E-state index contributed by atoms with van der Waals surface area (Å²) in [6.07, 6.45) is 3.93. The summed E-state index contributed by atoms with van der Waals surface area (Å²) < 4.78 is 12.6. The number of carbonyl (C=O) groups is 4. The van der Waals surface area contributed by atoms with E-state index in [9.17, 15) is 19.2 Å². The summed E-state index contributed by atoms with van der Waals surface area (Å²) >= 11 is 0. The molecule has 4 amide bonds. The van der Waals surface area contributed by atoms with Gasteiger partial charge in [-0.25, -0.2) is 28.9 Å². The number of aryl methyl sites for hydroxylation is 1. The summed E-state index contributed by atoms with van der Waals surface area (Å²) in [5.41, 5.74) is 10.6. The van der Waals surface area contributed by atoms with Crippen LogP contribution in [0.3, 0.4) is 0 Å². The molecule has 2 fully saturated rings. The normalized spacial score (nSPS) is 20.7. The minimum atomic E-state index is -0.776. The first-order chi connectivity index (χ1) is 26.8. The van der Waals surface area contributed by atoms with Crippen LogP contribution in [0.1, 0.15) is 68.6 Å². The first kappa shape index (κ1) is 38.6. The lowest BCUT2D eigenvalue weighted by Crippen LogP contribution is -2.64. The minimum absolute atomic E-state index is 0.0637. The molecule has 2 aliphatic heterocycles. The average Bonchev–Trinajstić information content (AvgIpc) is 4.01. The third kappa shape index (κ3) is 6.77. The number of nitrogens with zero attached hydrogens (tertiary/aromatic N) is 6. The number of benzene rings is 3. The highest BCUT2D eigenvalue weighted by Gasteiger charge is 2.53. The highest BCUT2D eigenvalue weighted by molar-refractivity contribution is 5.95. The molecule has 7 rings (SSSR count). The van der Waals surface area contributed by atoms with Gasteiger partial charge in [0, 0.05) is 36.2 Å². The Bertz CT molecular complexity index is 2300. The minimum Gasteiger partial charge on any atom is -0.452 e. The van der Waals surface area contributed by atoms with Gasteiger partial charge >= 0.3 is 18.0 Å². The Balaban J connectivity index is 1.18. The summed E-state index contributed by atoms with van der Waals surface area (Å²) in [7, 11) is 5.09. The van der Waals surface area contributed by atoms with Crippen LogP contribution >= 0.6 is 0 Å². The van der Waals surface area contributed by atoms with Gasteiger partial charge in [-0.05, 0) is 89.2 Å². The zero-order valence-electron chi connectivity index (χ0n) is 32.7. The molecule has 4 heterocycles. The number of urea groups is 1. The van der Waals surface area contributed by atoms with E-state index in [1.807, 2.05) is 92.3 Å². The molecule has 56 heavy (non-hydrogen) atoms. The maximum atomic E-state index is 14.2. The third-order valence-corrected chi connectivity index (χ3v) is 11.3. The molecular weight excluding hydrogens is 713 g/mol. The zero-order valence-corrected chi connectivity index (χ0v) is 32.7. The standard InChI is InChI=1S/C42H48N8O6/c1-25-16-17-30(23-31(25)46-41(53)50(40(52)27(3)43)21-11-12-26(50)2)38-44-24-35(56-38)29-18-19-33-32(22-29)45-37(49(33)42(54)55-6)34-15-10-20-48(34)39(51)36(47(4)5)28-13-8-7-9-14-28/h7-9,13-14,16-19,22-24,26-27,34,36H,10-12,15,20-21,43H2,1-6H3/p+1/t26-,27+,34+,36-,50?/m1/s1. The predicted octanol–water partition coefficient (Wildman–Crippen LogP) is 6.65. The number of rotatable bonds is 8. The Hall–Kier alpha value is -5.70. The smallest absolute Gasteiger partial charge is 0.428 e. The number of imide groups is 1. The summed E-state index contributed by atoms with van der Waals surface area (Å²) in [6.45, 7) is 6.36. The topological polar surface area (TPSA) is 166 Å². The Kier molecular flexibility index (Phi) is 10.6. The molecule has 2 aromatic heterocycles. The van der Waals surface area contributed by atoms with Crippen molar-refractivity contribution in [2.45, 2.75) is 70.6 Å². The summed E-state index contributed by atoms with van der Waals surface area (Å²) in [6, 6.07) is 18.3. The monoisotopic (exact) mass is 761 g/mol. The number of likely N-dealkylation sites (tertiary alicyclic amines) is 2. The fourth-order valence-corrected chi connectivity index (χ4v) is 8.33. The van der Waals surface area contributed by atoms with E-state index in [-0.39, 0.29) is 22.3 Å². The number of amides is 4. The van der Waals surface area contributed by atoms with E-state index in [2.05, 4.69) is 10.3 Å². The lowest BCUT2D eigenvalue weighted by Gasteiger charge is -2.34. The SMILES string of the molecule is COC(=O)n1c([C@@H]2CCCN2C(=O)[C@@H](c2ccccc2)N(C)C)nc2cc(-c3cnc(-c4ccc(C)c(NC(=O)[N+]5(C(=O)[C@H](C)N)CCC[C@H]5C)c4)o3)ccc21. The number of nitrogens with two attached hydrogens (primary N) is 1. The number of methoxy groups -OCH3 is 1. The summed E-state index contributed by atoms with van der Waals surface area (Å²) in [5, 5.41) is 3.01. The fourth-order valence-electron chi connectivity index (χ4n) is 8.33. The number of ether oxygens (including phenoxy) is 1. The van der Waals surface area contributed by atoms with Gasteiger partial charge in [0.1, 0.15) is 23.9 Å². The second-order valence-electron chi connectivity index (χ2n) is 15.1. The fraction of sp³-hybridized carbons (Fsp3) is 0.381. The number of carbonyl (C=O) groups excluding carboxylic acids is 4. The van der Waals surface area contributed by atoms with Crippen LogP contribution in [-0.4, -0.2) is 99.1 Å². The van der Waals surface area contributed by atoms with E-state index >= 15 is 0 Å². The average molecular weight is 762 g/mol. The number of nitrogens with one attached hydrogen (secondary N) is 1. The van der Waals surface area contributed by atoms with Crippen molar-refractivity contribution in [2.75, 3.05) is 39.6 Å². The van der Waals surface area contributed by atoms with E-state index in [4.69, 9.17) is 19.9 Å². The first-order valence-electron chi connectivity index (χ1n) is 19.0. The van der Waals surface area contributed by atoms with E-state index < -0.39 is 30.2 Å². The largest absolute Gasteiger partial charge is 0.452 e. The molecule has 1 unspecified atom stereocenters. The van der Waals surface area contributed by atoms with E-state index in [0.717, 1.165) is 30.4 Å². The highest BCUT2D eigenvalue weighted by Crippen LogP contribution is 2.38. The number of aromatic nitrogens is 3. The van der Waals surface area contributed by atoms with Crippen molar-refractivity contribution in [1.82, 2.24) is 24.3 Å². The molecule has 14 heteroatoms. The lowest BCUT2D eigenvalue weighted by molar-refractivity contribution is -0.782. The van der Waals surface area contributed by atoms with Crippen molar-refractivity contribution in [3.8, 4) is 22.8 Å². The quantitative estimate of drug-likeness (QED) is 0.164. The van der Waals surface area contributed by atoms with Gasteiger partial charge in [-0.15, -0.1) is 0 Å². The van der Waals surface area contributed by atoms with Gasteiger partial charge in [0.05, 0.1) is 36.9 Å². The van der Waals surface area contributed by atoms with Gasteiger partial charge in [0.15, 0.2) is 5.76 Å². The zero-order chi connectivity index (χ0) is 39.9. The van der Waals surface area contributed by atoms with Crippen LogP contribution in [0, 0.1) is 6.92 Å². The van der Waals surface area contributed by atoms with E-state index in [0.29, 0.717) is 64.8 Å². The van der Waals surface area contributed by atoms with E-state index in [1.54, 1.807) is 25.3 Å². The number of imidazole rings is 1. The molecule has 5 aromatic rings. The van der Waals surface area contributed by atoms with Crippen molar-refractivity contribution in [3.63, 3.8) is 0 Å². The lowest BCUT2D eigenvalue weighted by atomic mass is 10.0. The predicted molar refractivity (Wildman–Crippen MR) is 211 cm³/mol. The van der Waals surface area contributed by atoms with Crippen molar-refractivity contribution < 1.29 is 32.8 Å². The van der Waals surface area contributed by atoms with Crippen LogP contribution in [0.2, 0.25) is 0 Å². The van der Waals surface area contributed by atoms with Crippen LogP contribution in [0.15, 0.2) is 77.3 Å². The number of fused-ring (bicyclic) bond motifs is 1. The van der Waals surface area contributed by atoms with Crippen molar-refractivity contribution in [2.24, 2.45) is 5.73 Å². The number of quaternary nitrogens is 1. The van der Waals surface area contributed by atoms with Crippen LogP contribution in [0.25, 0.3) is 33.8 Å². The molecule has 0 saturated carbocycles. The van der Waals surface area contributed by atoms with Gasteiger partial charge in [-0.1, -0.05) is 36.4 Å². The Labute approximate surface area is 325 Å². The Morgan fingerprint density at radius 3 is 2.45 bits per heavy atom. The first-order valence-corrected chi connectivity index (χ1v) is 19.0. The number of anilines is 1. The molecular formula is C42H49N8O6+. The van der Waals surface area contributed by atoms with Crippen LogP contribution in [-0.2, 0) is 14.3 Å². The van der Waals surface area contributed by atoms with Crippen molar-refractivity contribution >= 4 is 40.7 Å².